The first-order valence-corrected chi connectivity index (χ1v) is 9.09. The van der Waals surface area contributed by atoms with Crippen molar-refractivity contribution >= 4 is 11.8 Å². The van der Waals surface area contributed by atoms with Crippen LogP contribution >= 0.6 is 11.8 Å². The summed E-state index contributed by atoms with van der Waals surface area (Å²) in [5, 5.41) is 0. The third kappa shape index (κ3) is 3.16. The van der Waals surface area contributed by atoms with Gasteiger partial charge in [0.2, 0.25) is 0 Å². The molecule has 1 aliphatic heterocycles. The van der Waals surface area contributed by atoms with Crippen molar-refractivity contribution in [2.45, 2.75) is 50.2 Å². The lowest BCUT2D eigenvalue weighted by molar-refractivity contribution is 0.200. The third-order valence-electron chi connectivity index (χ3n) is 4.63. The van der Waals surface area contributed by atoms with E-state index in [4.69, 9.17) is 15.2 Å². The van der Waals surface area contributed by atoms with Gasteiger partial charge in [-0.25, -0.2) is 0 Å². The quantitative estimate of drug-likeness (QED) is 0.921. The van der Waals surface area contributed by atoms with Gasteiger partial charge < -0.3 is 15.2 Å². The lowest BCUT2D eigenvalue weighted by Gasteiger charge is -2.29. The number of nitrogens with two attached hydrogens (primary N) is 1. The maximum absolute atomic E-state index is 6.62. The second-order valence-electron chi connectivity index (χ2n) is 6.16. The van der Waals surface area contributed by atoms with Crippen LogP contribution in [0.25, 0.3) is 0 Å². The highest BCUT2D eigenvalue weighted by Gasteiger charge is 2.35. The molecular weight excluding hydrogens is 282 g/mol. The number of hydrogen-bond acceptors (Lipinski definition) is 4. The summed E-state index contributed by atoms with van der Waals surface area (Å²) in [5.41, 5.74) is 7.49. The van der Waals surface area contributed by atoms with Crippen LogP contribution < -0.4 is 15.2 Å². The van der Waals surface area contributed by atoms with Crippen molar-refractivity contribution in [3.8, 4) is 11.5 Å². The highest BCUT2D eigenvalue weighted by molar-refractivity contribution is 7.99. The second-order valence-corrected chi connectivity index (χ2v) is 7.31. The highest BCUT2D eigenvalue weighted by atomic mass is 32.2. The molecule has 3 nitrogen and oxygen atoms in total. The summed E-state index contributed by atoms with van der Waals surface area (Å²) in [6, 6.07) is 6.17. The van der Waals surface area contributed by atoms with E-state index in [2.05, 4.69) is 12.1 Å². The van der Waals surface area contributed by atoms with Gasteiger partial charge in [-0.3, -0.25) is 0 Å². The summed E-state index contributed by atoms with van der Waals surface area (Å²) in [6.07, 6.45) is 7.13. The van der Waals surface area contributed by atoms with Gasteiger partial charge in [0.1, 0.15) is 6.10 Å². The van der Waals surface area contributed by atoms with Gasteiger partial charge in [0.15, 0.2) is 11.5 Å². The molecule has 2 N–H and O–H groups in total. The Bertz CT molecular complexity index is 480. The van der Waals surface area contributed by atoms with Crippen molar-refractivity contribution < 1.29 is 9.47 Å². The molecule has 0 spiro atoms. The summed E-state index contributed by atoms with van der Waals surface area (Å²) in [6.45, 7) is 0. The Morgan fingerprint density at radius 2 is 2.05 bits per heavy atom. The minimum absolute atomic E-state index is 0.244. The summed E-state index contributed by atoms with van der Waals surface area (Å²) in [4.78, 5) is 0. The van der Waals surface area contributed by atoms with E-state index in [0.29, 0.717) is 6.10 Å². The minimum Gasteiger partial charge on any atom is -0.493 e. The molecule has 2 fully saturated rings. The van der Waals surface area contributed by atoms with E-state index in [1.54, 1.807) is 7.11 Å². The van der Waals surface area contributed by atoms with E-state index in [0.717, 1.165) is 42.1 Å². The van der Waals surface area contributed by atoms with Crippen molar-refractivity contribution in [2.75, 3.05) is 18.6 Å². The smallest absolute Gasteiger partial charge is 0.165 e. The van der Waals surface area contributed by atoms with Crippen molar-refractivity contribution in [3.63, 3.8) is 0 Å². The Morgan fingerprint density at radius 1 is 1.24 bits per heavy atom. The van der Waals surface area contributed by atoms with Gasteiger partial charge in [0.25, 0.3) is 0 Å². The van der Waals surface area contributed by atoms with Gasteiger partial charge in [-0.05, 0) is 37.5 Å². The van der Waals surface area contributed by atoms with Crippen molar-refractivity contribution in [2.24, 2.45) is 5.73 Å². The lowest BCUT2D eigenvalue weighted by Crippen LogP contribution is -2.33. The monoisotopic (exact) mass is 307 g/mol. The summed E-state index contributed by atoms with van der Waals surface area (Å²) < 4.78 is 11.9. The molecule has 3 rings (SSSR count). The third-order valence-corrected chi connectivity index (χ3v) is 5.81. The molecule has 1 heterocycles. The number of methoxy groups -OCH3 is 1. The average Bonchev–Trinajstić information content (AvgIpc) is 2.96. The molecule has 21 heavy (non-hydrogen) atoms. The first-order valence-electron chi connectivity index (χ1n) is 7.94. The maximum Gasteiger partial charge on any atom is 0.165 e. The molecule has 4 heteroatoms. The summed E-state index contributed by atoms with van der Waals surface area (Å²) in [7, 11) is 1.72. The highest BCUT2D eigenvalue weighted by Crippen LogP contribution is 2.44. The van der Waals surface area contributed by atoms with E-state index < -0.39 is 0 Å². The molecule has 1 aromatic carbocycles. The number of para-hydroxylation sites is 1. The van der Waals surface area contributed by atoms with Crippen molar-refractivity contribution in [3.05, 3.63) is 23.8 Å². The molecule has 1 saturated carbocycles. The molecule has 1 aromatic rings. The Labute approximate surface area is 131 Å². The van der Waals surface area contributed by atoms with Crippen LogP contribution in [0.2, 0.25) is 0 Å². The number of rotatable bonds is 4. The SMILES string of the molecule is COc1c(OC2CCCSC2)cccc1C1(N)CCCC1. The van der Waals surface area contributed by atoms with Gasteiger partial charge in [0.05, 0.1) is 7.11 Å². The van der Waals surface area contributed by atoms with Crippen LogP contribution in [0, 0.1) is 0 Å². The number of hydrogen-bond donors (Lipinski definition) is 1. The van der Waals surface area contributed by atoms with E-state index in [1.807, 2.05) is 17.8 Å². The topological polar surface area (TPSA) is 44.5 Å². The molecular formula is C17H25NO2S. The molecule has 0 amide bonds. The predicted molar refractivity (Wildman–Crippen MR) is 88.3 cm³/mol. The fourth-order valence-corrected chi connectivity index (χ4v) is 4.51. The minimum atomic E-state index is -0.244. The van der Waals surface area contributed by atoms with Crippen LogP contribution in [0.1, 0.15) is 44.1 Å². The van der Waals surface area contributed by atoms with Gasteiger partial charge in [0, 0.05) is 16.9 Å². The fraction of sp³-hybridized carbons (Fsp3) is 0.647. The molecule has 1 aliphatic carbocycles. The number of benzene rings is 1. The first-order chi connectivity index (χ1) is 10.2. The van der Waals surface area contributed by atoms with Crippen LogP contribution in [0.4, 0.5) is 0 Å². The van der Waals surface area contributed by atoms with Crippen LogP contribution in [0.15, 0.2) is 18.2 Å². The second kappa shape index (κ2) is 6.49. The first kappa shape index (κ1) is 15.0. The van der Waals surface area contributed by atoms with Gasteiger partial charge in [-0.15, -0.1) is 0 Å². The molecule has 1 saturated heterocycles. The fourth-order valence-electron chi connectivity index (χ4n) is 3.47. The molecule has 0 bridgehead atoms. The Kier molecular flexibility index (Phi) is 4.65. The van der Waals surface area contributed by atoms with E-state index >= 15 is 0 Å². The molecule has 1 atom stereocenters. The molecule has 1 unspecified atom stereocenters. The summed E-state index contributed by atoms with van der Waals surface area (Å²) >= 11 is 1.97. The Hall–Kier alpha value is -0.870. The molecule has 0 radical (unpaired) electrons. The van der Waals surface area contributed by atoms with E-state index in [9.17, 15) is 0 Å². The normalized spacial score (nSPS) is 24.8. The van der Waals surface area contributed by atoms with Crippen LogP contribution in [-0.4, -0.2) is 24.7 Å². The molecule has 116 valence electrons. The molecule has 2 aliphatic rings. The zero-order valence-corrected chi connectivity index (χ0v) is 13.6. The van der Waals surface area contributed by atoms with Gasteiger partial charge >= 0.3 is 0 Å². The van der Waals surface area contributed by atoms with Gasteiger partial charge in [-0.1, -0.05) is 25.0 Å². The van der Waals surface area contributed by atoms with Crippen LogP contribution in [0.3, 0.4) is 0 Å². The van der Waals surface area contributed by atoms with Crippen molar-refractivity contribution in [1.82, 2.24) is 0 Å². The van der Waals surface area contributed by atoms with Crippen LogP contribution in [-0.2, 0) is 5.54 Å². The zero-order chi connectivity index (χ0) is 14.7. The largest absolute Gasteiger partial charge is 0.493 e. The zero-order valence-electron chi connectivity index (χ0n) is 12.8. The molecule has 0 aromatic heterocycles. The van der Waals surface area contributed by atoms with E-state index in [1.165, 1.54) is 25.0 Å². The number of thioether (sulfide) groups is 1. The maximum atomic E-state index is 6.62. The summed E-state index contributed by atoms with van der Waals surface area (Å²) in [5.74, 6) is 4.03. The van der Waals surface area contributed by atoms with Gasteiger partial charge in [-0.2, -0.15) is 11.8 Å². The number of ether oxygens (including phenoxy) is 2. The lowest BCUT2D eigenvalue weighted by atomic mass is 9.88. The van der Waals surface area contributed by atoms with Crippen LogP contribution in [0.5, 0.6) is 11.5 Å². The van der Waals surface area contributed by atoms with Crippen molar-refractivity contribution in [1.29, 1.82) is 0 Å². The standard InChI is InChI=1S/C17H25NO2S/c1-19-16-14(17(18)9-2-3-10-17)7-4-8-15(16)20-13-6-5-11-21-12-13/h4,7-8,13H,2-3,5-6,9-12,18H2,1H3. The Morgan fingerprint density at radius 3 is 2.71 bits per heavy atom. The van der Waals surface area contributed by atoms with E-state index in [-0.39, 0.29) is 5.54 Å². The Balaban J connectivity index is 1.86. The predicted octanol–water partition coefficient (Wildman–Crippen LogP) is 3.70. The average molecular weight is 307 g/mol.